The lowest BCUT2D eigenvalue weighted by Gasteiger charge is -2.07. The van der Waals surface area contributed by atoms with Gasteiger partial charge in [0.15, 0.2) is 0 Å². The highest BCUT2D eigenvalue weighted by atomic mass is 79.9. The molecule has 0 bridgehead atoms. The molecule has 8 heteroatoms. The van der Waals surface area contributed by atoms with Gasteiger partial charge in [-0.1, -0.05) is 23.9 Å². The summed E-state index contributed by atoms with van der Waals surface area (Å²) in [6.07, 6.45) is 0. The molecule has 0 atom stereocenters. The van der Waals surface area contributed by atoms with Gasteiger partial charge in [0, 0.05) is 14.3 Å². The first kappa shape index (κ1) is 15.5. The molecule has 0 aliphatic heterocycles. The number of rotatable bonds is 4. The minimum absolute atomic E-state index is 0.00454. The van der Waals surface area contributed by atoms with Gasteiger partial charge in [0.2, 0.25) is 0 Å². The van der Waals surface area contributed by atoms with Crippen LogP contribution in [-0.4, -0.2) is 16.0 Å². The zero-order chi connectivity index (χ0) is 15.6. The molecule has 0 saturated heterocycles. The highest BCUT2D eigenvalue weighted by molar-refractivity contribution is 9.10. The molecule has 0 spiro atoms. The zero-order valence-corrected chi connectivity index (χ0v) is 12.6. The van der Waals surface area contributed by atoms with E-state index < -0.39 is 28.0 Å². The standard InChI is InChI=1S/C13H7BrFNO4S/c14-8-3-1-2-4-11(8)21-12-5-7(13(17)18)10(16(19)20)6-9(12)15/h1-6H,(H,17,18). The van der Waals surface area contributed by atoms with Gasteiger partial charge in [-0.15, -0.1) is 0 Å². The van der Waals surface area contributed by atoms with E-state index in [1.165, 1.54) is 0 Å². The molecule has 1 N–H and O–H groups in total. The van der Waals surface area contributed by atoms with Crippen molar-refractivity contribution in [2.45, 2.75) is 9.79 Å². The summed E-state index contributed by atoms with van der Waals surface area (Å²) in [7, 11) is 0. The Morgan fingerprint density at radius 1 is 1.29 bits per heavy atom. The first-order chi connectivity index (χ1) is 9.90. The van der Waals surface area contributed by atoms with Gasteiger partial charge >= 0.3 is 5.97 Å². The third-order valence-corrected chi connectivity index (χ3v) is 4.60. The van der Waals surface area contributed by atoms with Crippen LogP contribution in [0, 0.1) is 15.9 Å². The number of nitro benzene ring substituents is 1. The lowest BCUT2D eigenvalue weighted by Crippen LogP contribution is -2.04. The molecule has 2 aromatic carbocycles. The number of halogens is 2. The molecule has 0 aromatic heterocycles. The first-order valence-corrected chi connectivity index (χ1v) is 7.14. The van der Waals surface area contributed by atoms with Gasteiger partial charge in [-0.2, -0.15) is 0 Å². The number of carboxylic acids is 1. The second-order valence-corrected chi connectivity index (χ2v) is 5.83. The largest absolute Gasteiger partial charge is 0.477 e. The predicted octanol–water partition coefficient (Wildman–Crippen LogP) is 4.35. The van der Waals surface area contributed by atoms with Crippen molar-refractivity contribution in [1.29, 1.82) is 0 Å². The minimum Gasteiger partial charge on any atom is -0.477 e. The second kappa shape index (κ2) is 6.23. The molecule has 0 heterocycles. The molecular formula is C13H7BrFNO4S. The number of carboxylic acid groups (broad SMARTS) is 1. The lowest BCUT2D eigenvalue weighted by atomic mass is 10.2. The monoisotopic (exact) mass is 371 g/mol. The maximum absolute atomic E-state index is 13.9. The third kappa shape index (κ3) is 3.40. The number of hydrogen-bond donors (Lipinski definition) is 1. The molecular weight excluding hydrogens is 365 g/mol. The number of carbonyl (C=O) groups is 1. The molecule has 0 saturated carbocycles. The molecule has 21 heavy (non-hydrogen) atoms. The molecule has 0 radical (unpaired) electrons. The van der Waals surface area contributed by atoms with Crippen LogP contribution in [0.1, 0.15) is 10.4 Å². The Hall–Kier alpha value is -1.93. The van der Waals surface area contributed by atoms with Crippen LogP contribution in [0.5, 0.6) is 0 Å². The fourth-order valence-electron chi connectivity index (χ4n) is 1.59. The van der Waals surface area contributed by atoms with Crippen molar-refractivity contribution in [3.8, 4) is 0 Å². The van der Waals surface area contributed by atoms with Crippen molar-refractivity contribution in [2.24, 2.45) is 0 Å². The summed E-state index contributed by atoms with van der Waals surface area (Å²) in [4.78, 5) is 21.6. The van der Waals surface area contributed by atoms with Gasteiger partial charge in [-0.25, -0.2) is 9.18 Å². The van der Waals surface area contributed by atoms with Gasteiger partial charge in [0.05, 0.1) is 11.0 Å². The number of nitro groups is 1. The van der Waals surface area contributed by atoms with Crippen LogP contribution in [-0.2, 0) is 0 Å². The molecule has 5 nitrogen and oxygen atoms in total. The Balaban J connectivity index is 2.50. The predicted molar refractivity (Wildman–Crippen MR) is 78.3 cm³/mol. The summed E-state index contributed by atoms with van der Waals surface area (Å²) >= 11 is 4.28. The summed E-state index contributed by atoms with van der Waals surface area (Å²) in [5.74, 6) is -2.32. The van der Waals surface area contributed by atoms with Crippen LogP contribution in [0.2, 0.25) is 0 Å². The number of hydrogen-bond acceptors (Lipinski definition) is 4. The van der Waals surface area contributed by atoms with Crippen LogP contribution >= 0.6 is 27.7 Å². The summed E-state index contributed by atoms with van der Waals surface area (Å²) < 4.78 is 14.7. The average Bonchev–Trinajstić information content (AvgIpc) is 2.42. The van der Waals surface area contributed by atoms with E-state index in [2.05, 4.69) is 15.9 Å². The first-order valence-electron chi connectivity index (χ1n) is 5.53. The zero-order valence-electron chi connectivity index (χ0n) is 10.2. The summed E-state index contributed by atoms with van der Waals surface area (Å²) in [6.45, 7) is 0. The van der Waals surface area contributed by atoms with Crippen molar-refractivity contribution in [3.63, 3.8) is 0 Å². The number of aromatic carboxylic acids is 1. The van der Waals surface area contributed by atoms with Crippen molar-refractivity contribution in [2.75, 3.05) is 0 Å². The van der Waals surface area contributed by atoms with Gasteiger partial charge in [0.25, 0.3) is 5.69 Å². The Morgan fingerprint density at radius 3 is 2.52 bits per heavy atom. The number of nitrogens with zero attached hydrogens (tertiary/aromatic N) is 1. The van der Waals surface area contributed by atoms with Crippen molar-refractivity contribution in [1.82, 2.24) is 0 Å². The van der Waals surface area contributed by atoms with E-state index in [-0.39, 0.29) is 4.90 Å². The average molecular weight is 372 g/mol. The fourth-order valence-corrected chi connectivity index (χ4v) is 3.00. The molecule has 108 valence electrons. The van der Waals surface area contributed by atoms with Gasteiger partial charge in [-0.3, -0.25) is 10.1 Å². The topological polar surface area (TPSA) is 80.4 Å². The quantitative estimate of drug-likeness (QED) is 0.638. The van der Waals surface area contributed by atoms with Crippen molar-refractivity contribution in [3.05, 3.63) is 62.4 Å². The summed E-state index contributed by atoms with van der Waals surface area (Å²) in [5, 5.41) is 19.8. The Kier molecular flexibility index (Phi) is 4.59. The van der Waals surface area contributed by atoms with Gasteiger partial charge < -0.3 is 5.11 Å². The Morgan fingerprint density at radius 2 is 1.95 bits per heavy atom. The molecule has 0 aliphatic rings. The molecule has 0 unspecified atom stereocenters. The van der Waals surface area contributed by atoms with E-state index in [4.69, 9.17) is 5.11 Å². The highest BCUT2D eigenvalue weighted by Gasteiger charge is 2.23. The molecule has 0 amide bonds. The van der Waals surface area contributed by atoms with Gasteiger partial charge in [0.1, 0.15) is 11.4 Å². The van der Waals surface area contributed by atoms with E-state index in [9.17, 15) is 19.3 Å². The normalized spacial score (nSPS) is 10.4. The van der Waals surface area contributed by atoms with Gasteiger partial charge in [-0.05, 0) is 34.1 Å². The maximum atomic E-state index is 13.9. The molecule has 0 fully saturated rings. The van der Waals surface area contributed by atoms with Crippen LogP contribution in [0.4, 0.5) is 10.1 Å². The summed E-state index contributed by atoms with van der Waals surface area (Å²) in [6, 6.07) is 8.60. The van der Waals surface area contributed by atoms with E-state index >= 15 is 0 Å². The molecule has 0 aliphatic carbocycles. The van der Waals surface area contributed by atoms with E-state index in [1.807, 2.05) is 0 Å². The fraction of sp³-hybridized carbons (Fsp3) is 0. The Labute approximate surface area is 131 Å². The SMILES string of the molecule is O=C(O)c1cc(Sc2ccccc2Br)c(F)cc1[N+](=O)[O-]. The van der Waals surface area contributed by atoms with E-state index in [0.29, 0.717) is 15.4 Å². The summed E-state index contributed by atoms with van der Waals surface area (Å²) in [5.41, 5.74) is -1.31. The number of benzene rings is 2. The van der Waals surface area contributed by atoms with Crippen LogP contribution in [0.3, 0.4) is 0 Å². The molecule has 2 aromatic rings. The minimum atomic E-state index is -1.48. The smallest absolute Gasteiger partial charge is 0.342 e. The van der Waals surface area contributed by atoms with Crippen molar-refractivity contribution >= 4 is 39.3 Å². The van der Waals surface area contributed by atoms with Crippen LogP contribution in [0.15, 0.2) is 50.7 Å². The molecule has 2 rings (SSSR count). The second-order valence-electron chi connectivity index (χ2n) is 3.89. The Bertz CT molecular complexity index is 738. The third-order valence-electron chi connectivity index (χ3n) is 2.53. The maximum Gasteiger partial charge on any atom is 0.342 e. The van der Waals surface area contributed by atoms with E-state index in [0.717, 1.165) is 17.8 Å². The van der Waals surface area contributed by atoms with E-state index in [1.54, 1.807) is 24.3 Å². The van der Waals surface area contributed by atoms with Crippen LogP contribution in [0.25, 0.3) is 0 Å². The lowest BCUT2D eigenvalue weighted by molar-refractivity contribution is -0.385. The highest BCUT2D eigenvalue weighted by Crippen LogP contribution is 2.37. The van der Waals surface area contributed by atoms with Crippen LogP contribution < -0.4 is 0 Å². The van der Waals surface area contributed by atoms with Crippen molar-refractivity contribution < 1.29 is 19.2 Å².